The molecule has 2 rings (SSSR count). The average molecular weight is 249 g/mol. The van der Waals surface area contributed by atoms with Crippen molar-refractivity contribution < 1.29 is 0 Å². The maximum Gasteiger partial charge on any atom is 0.260 e. The van der Waals surface area contributed by atoms with Crippen LogP contribution in [0.4, 0.5) is 5.95 Å². The fourth-order valence-electron chi connectivity index (χ4n) is 1.55. The Hall–Kier alpha value is -1.49. The molecule has 0 radical (unpaired) electrons. The molecule has 4 nitrogen and oxygen atoms in total. The number of nitrogens with one attached hydrogen (secondary N) is 1. The van der Waals surface area contributed by atoms with E-state index in [1.54, 1.807) is 11.8 Å². The van der Waals surface area contributed by atoms with Crippen molar-refractivity contribution in [1.82, 2.24) is 9.97 Å². The zero-order valence-corrected chi connectivity index (χ0v) is 10.9. The van der Waals surface area contributed by atoms with Gasteiger partial charge in [-0.1, -0.05) is 20.8 Å². The van der Waals surface area contributed by atoms with E-state index in [4.69, 9.17) is 5.73 Å². The van der Waals surface area contributed by atoms with E-state index in [0.29, 0.717) is 10.9 Å². The standard InChI is InChI=1S/C12H15N3OS/c1-12(2,3)17-7-4-5-9-8(6-7)10(16)15-11(13)14-9/h4-6H,1-3H3,(H3,13,14,15,16). The number of anilines is 1. The van der Waals surface area contributed by atoms with E-state index >= 15 is 0 Å². The van der Waals surface area contributed by atoms with E-state index in [1.807, 2.05) is 18.2 Å². The number of thioether (sulfide) groups is 1. The van der Waals surface area contributed by atoms with Crippen LogP contribution in [0.5, 0.6) is 0 Å². The van der Waals surface area contributed by atoms with E-state index in [0.717, 1.165) is 4.90 Å². The van der Waals surface area contributed by atoms with Crippen LogP contribution >= 0.6 is 11.8 Å². The molecule has 90 valence electrons. The minimum Gasteiger partial charge on any atom is -0.369 e. The number of hydrogen-bond acceptors (Lipinski definition) is 4. The lowest BCUT2D eigenvalue weighted by atomic mass is 10.2. The molecule has 0 atom stereocenters. The molecule has 0 amide bonds. The molecular weight excluding hydrogens is 234 g/mol. The number of nitrogen functional groups attached to an aromatic ring is 1. The summed E-state index contributed by atoms with van der Waals surface area (Å²) < 4.78 is 0.113. The van der Waals surface area contributed by atoms with Crippen LogP contribution < -0.4 is 11.3 Å². The molecule has 0 aliphatic carbocycles. The lowest BCUT2D eigenvalue weighted by molar-refractivity contribution is 0.803. The summed E-state index contributed by atoms with van der Waals surface area (Å²) >= 11 is 1.72. The molecule has 0 saturated heterocycles. The Morgan fingerprint density at radius 2 is 2.06 bits per heavy atom. The predicted octanol–water partition coefficient (Wildman–Crippen LogP) is 2.40. The summed E-state index contributed by atoms with van der Waals surface area (Å²) in [6, 6.07) is 5.65. The van der Waals surface area contributed by atoms with Gasteiger partial charge in [0.25, 0.3) is 5.56 Å². The second-order valence-electron chi connectivity index (χ2n) is 4.84. The van der Waals surface area contributed by atoms with Crippen LogP contribution in [0.15, 0.2) is 27.9 Å². The van der Waals surface area contributed by atoms with Gasteiger partial charge in [-0.15, -0.1) is 11.8 Å². The number of benzene rings is 1. The Morgan fingerprint density at radius 1 is 1.35 bits per heavy atom. The smallest absolute Gasteiger partial charge is 0.260 e. The zero-order valence-electron chi connectivity index (χ0n) is 10.1. The van der Waals surface area contributed by atoms with Crippen LogP contribution in [0.2, 0.25) is 0 Å². The summed E-state index contributed by atoms with van der Waals surface area (Å²) in [6.45, 7) is 6.40. The van der Waals surface area contributed by atoms with Crippen LogP contribution in [-0.2, 0) is 0 Å². The monoisotopic (exact) mass is 249 g/mol. The van der Waals surface area contributed by atoms with Gasteiger partial charge in [-0.05, 0) is 18.2 Å². The van der Waals surface area contributed by atoms with Gasteiger partial charge in [-0.3, -0.25) is 9.78 Å². The topological polar surface area (TPSA) is 71.8 Å². The Bertz CT molecular complexity index is 613. The largest absolute Gasteiger partial charge is 0.369 e. The van der Waals surface area contributed by atoms with Gasteiger partial charge in [0.2, 0.25) is 5.95 Å². The van der Waals surface area contributed by atoms with Crippen molar-refractivity contribution >= 4 is 28.6 Å². The van der Waals surface area contributed by atoms with E-state index in [2.05, 4.69) is 30.7 Å². The maximum atomic E-state index is 11.7. The second-order valence-corrected chi connectivity index (χ2v) is 6.74. The summed E-state index contributed by atoms with van der Waals surface area (Å²) in [6.07, 6.45) is 0. The minimum absolute atomic E-state index is 0.113. The maximum absolute atomic E-state index is 11.7. The molecule has 17 heavy (non-hydrogen) atoms. The minimum atomic E-state index is -0.191. The van der Waals surface area contributed by atoms with Crippen molar-refractivity contribution in [2.75, 3.05) is 5.73 Å². The molecule has 2 aromatic rings. The normalized spacial score (nSPS) is 11.9. The molecule has 0 bridgehead atoms. The van der Waals surface area contributed by atoms with Crippen LogP contribution in [0.3, 0.4) is 0 Å². The molecule has 0 aliphatic heterocycles. The van der Waals surface area contributed by atoms with Crippen LogP contribution in [0.25, 0.3) is 10.9 Å². The Balaban J connectivity index is 2.55. The number of aromatic amines is 1. The third kappa shape index (κ3) is 2.79. The van der Waals surface area contributed by atoms with Gasteiger partial charge in [-0.25, -0.2) is 4.98 Å². The van der Waals surface area contributed by atoms with Gasteiger partial charge >= 0.3 is 0 Å². The number of H-pyrrole nitrogens is 1. The Morgan fingerprint density at radius 3 is 2.71 bits per heavy atom. The molecule has 1 aromatic heterocycles. The first-order chi connectivity index (χ1) is 7.85. The number of rotatable bonds is 1. The number of hydrogen-bond donors (Lipinski definition) is 2. The van der Waals surface area contributed by atoms with Crippen molar-refractivity contribution in [3.8, 4) is 0 Å². The molecule has 0 fully saturated rings. The summed E-state index contributed by atoms with van der Waals surface area (Å²) in [7, 11) is 0. The number of fused-ring (bicyclic) bond motifs is 1. The molecule has 1 heterocycles. The highest BCUT2D eigenvalue weighted by atomic mass is 32.2. The Labute approximate surface area is 104 Å². The van der Waals surface area contributed by atoms with Crippen molar-refractivity contribution in [1.29, 1.82) is 0 Å². The molecular formula is C12H15N3OS. The third-order valence-corrected chi connectivity index (χ3v) is 3.22. The van der Waals surface area contributed by atoms with E-state index < -0.39 is 0 Å². The molecule has 0 aliphatic rings. The van der Waals surface area contributed by atoms with Gasteiger partial charge in [0.15, 0.2) is 0 Å². The average Bonchev–Trinajstić information content (AvgIpc) is 2.16. The number of aromatic nitrogens is 2. The fourth-order valence-corrected chi connectivity index (χ4v) is 2.57. The van der Waals surface area contributed by atoms with E-state index in [-0.39, 0.29) is 16.3 Å². The van der Waals surface area contributed by atoms with Gasteiger partial charge in [-0.2, -0.15) is 0 Å². The third-order valence-electron chi connectivity index (χ3n) is 2.12. The first-order valence-electron chi connectivity index (χ1n) is 5.34. The predicted molar refractivity (Wildman–Crippen MR) is 72.4 cm³/mol. The van der Waals surface area contributed by atoms with Crippen molar-refractivity contribution in [2.45, 2.75) is 30.4 Å². The van der Waals surface area contributed by atoms with E-state index in [9.17, 15) is 4.79 Å². The molecule has 5 heteroatoms. The molecule has 1 aromatic carbocycles. The first-order valence-corrected chi connectivity index (χ1v) is 6.15. The summed E-state index contributed by atoms with van der Waals surface area (Å²) in [5.41, 5.74) is 5.93. The Kier molecular flexibility index (Phi) is 2.87. The molecule has 0 spiro atoms. The molecule has 3 N–H and O–H groups in total. The lowest BCUT2D eigenvalue weighted by Crippen LogP contribution is -2.11. The van der Waals surface area contributed by atoms with Crippen molar-refractivity contribution in [3.63, 3.8) is 0 Å². The van der Waals surface area contributed by atoms with Gasteiger partial charge in [0.05, 0.1) is 10.9 Å². The summed E-state index contributed by atoms with van der Waals surface area (Å²) in [5.74, 6) is 0.152. The van der Waals surface area contributed by atoms with Crippen LogP contribution in [0.1, 0.15) is 20.8 Å². The highest BCUT2D eigenvalue weighted by molar-refractivity contribution is 8.00. The quantitative estimate of drug-likeness (QED) is 0.761. The number of nitrogens with two attached hydrogens (primary N) is 1. The SMILES string of the molecule is CC(C)(C)Sc1ccc2nc(N)[nH]c(=O)c2c1. The van der Waals surface area contributed by atoms with Gasteiger partial charge < -0.3 is 5.73 Å². The van der Waals surface area contributed by atoms with Crippen molar-refractivity contribution in [3.05, 3.63) is 28.6 Å². The lowest BCUT2D eigenvalue weighted by Gasteiger charge is -2.17. The number of nitrogens with zero attached hydrogens (tertiary/aromatic N) is 1. The fraction of sp³-hybridized carbons (Fsp3) is 0.333. The summed E-state index contributed by atoms with van der Waals surface area (Å²) in [5, 5.41) is 0.577. The van der Waals surface area contributed by atoms with Crippen LogP contribution in [-0.4, -0.2) is 14.7 Å². The zero-order chi connectivity index (χ0) is 12.6. The molecule has 0 saturated carbocycles. The van der Waals surface area contributed by atoms with E-state index in [1.165, 1.54) is 0 Å². The first kappa shape index (κ1) is 12.0. The van der Waals surface area contributed by atoms with Gasteiger partial charge in [0.1, 0.15) is 0 Å². The summed E-state index contributed by atoms with van der Waals surface area (Å²) in [4.78, 5) is 19.4. The van der Waals surface area contributed by atoms with Crippen molar-refractivity contribution in [2.24, 2.45) is 0 Å². The molecule has 0 unspecified atom stereocenters. The van der Waals surface area contributed by atoms with Crippen LogP contribution in [0, 0.1) is 0 Å². The second kappa shape index (κ2) is 4.07. The highest BCUT2D eigenvalue weighted by Crippen LogP contribution is 2.32. The van der Waals surface area contributed by atoms with Gasteiger partial charge in [0, 0.05) is 9.64 Å². The highest BCUT2D eigenvalue weighted by Gasteiger charge is 2.13.